The summed E-state index contributed by atoms with van der Waals surface area (Å²) in [6.07, 6.45) is 8.91. The van der Waals surface area contributed by atoms with Crippen LogP contribution in [0.1, 0.15) is 58.8 Å². The third-order valence-corrected chi connectivity index (χ3v) is 9.59. The Morgan fingerprint density at radius 1 is 1.24 bits per heavy atom. The number of ether oxygens (including phenoxy) is 1. The highest BCUT2D eigenvalue weighted by molar-refractivity contribution is 8.02. The first-order valence-corrected chi connectivity index (χ1v) is 13.4. The summed E-state index contributed by atoms with van der Waals surface area (Å²) in [6.45, 7) is 13.2. The van der Waals surface area contributed by atoms with Gasteiger partial charge in [-0.25, -0.2) is 0 Å². The zero-order chi connectivity index (χ0) is 24.9. The highest BCUT2D eigenvalue weighted by Gasteiger charge is 2.77. The lowest BCUT2D eigenvalue weighted by atomic mass is 9.66. The van der Waals surface area contributed by atoms with E-state index >= 15 is 0 Å². The van der Waals surface area contributed by atoms with Gasteiger partial charge in [-0.15, -0.1) is 18.3 Å². The zero-order valence-electron chi connectivity index (χ0n) is 20.7. The molecule has 0 saturated carbocycles. The molecule has 3 aliphatic rings. The lowest BCUT2D eigenvalue weighted by Gasteiger charge is -2.37. The molecular weight excluding hydrogens is 452 g/mol. The Morgan fingerprint density at radius 2 is 2.00 bits per heavy atom. The van der Waals surface area contributed by atoms with Crippen molar-refractivity contribution in [3.05, 3.63) is 25.3 Å². The Balaban J connectivity index is 1.98. The second-order valence-electron chi connectivity index (χ2n) is 9.89. The SMILES string of the molecule is C=CCOC(=O)[C@@H]1[C@H]2C(=O)N(CCCCO)C(C(=O)N(CC=C)CCCCC)C23CC[C@@]1(C)S3. The Hall–Kier alpha value is -1.80. The third kappa shape index (κ3) is 4.68. The number of unbranched alkanes of at least 4 members (excludes halogenated alkanes) is 3. The predicted molar refractivity (Wildman–Crippen MR) is 134 cm³/mol. The standard InChI is InChI=1S/C26H40N2O5S/c1-5-8-9-15-27(14-6-2)23(31)21-26-13-12-25(4,34-26)20(24(32)33-18-7-3)19(26)22(30)28(21)16-10-11-17-29/h6-7,19-21,29H,2-3,5,8-18H2,1,4H3/t19-,20-,21?,25+,26?/m0/s1. The summed E-state index contributed by atoms with van der Waals surface area (Å²) in [5.74, 6) is -1.70. The number of carbonyl (C=O) groups excluding carboxylic acids is 3. The van der Waals surface area contributed by atoms with Gasteiger partial charge in [0.1, 0.15) is 12.6 Å². The maximum Gasteiger partial charge on any atom is 0.311 e. The van der Waals surface area contributed by atoms with Crippen molar-refractivity contribution in [2.24, 2.45) is 11.8 Å². The van der Waals surface area contributed by atoms with Gasteiger partial charge in [-0.1, -0.05) is 38.5 Å². The number of nitrogens with zero attached hydrogens (tertiary/aromatic N) is 2. The number of fused-ring (bicyclic) bond motifs is 1. The van der Waals surface area contributed by atoms with E-state index in [0.717, 1.165) is 32.1 Å². The molecule has 3 aliphatic heterocycles. The van der Waals surface area contributed by atoms with Crippen LogP contribution in [0.5, 0.6) is 0 Å². The summed E-state index contributed by atoms with van der Waals surface area (Å²) >= 11 is 1.66. The van der Waals surface area contributed by atoms with Crippen LogP contribution in [0.25, 0.3) is 0 Å². The van der Waals surface area contributed by atoms with Crippen molar-refractivity contribution >= 4 is 29.5 Å². The van der Waals surface area contributed by atoms with Crippen molar-refractivity contribution in [1.82, 2.24) is 9.80 Å². The van der Waals surface area contributed by atoms with E-state index in [0.29, 0.717) is 32.5 Å². The zero-order valence-corrected chi connectivity index (χ0v) is 21.5. The maximum atomic E-state index is 14.1. The average Bonchev–Trinajstić information content (AvgIpc) is 3.38. The van der Waals surface area contributed by atoms with E-state index in [1.807, 2.05) is 11.8 Å². The number of aliphatic hydroxyl groups is 1. The van der Waals surface area contributed by atoms with E-state index in [9.17, 15) is 19.5 Å². The predicted octanol–water partition coefficient (Wildman–Crippen LogP) is 3.17. The van der Waals surface area contributed by atoms with E-state index in [4.69, 9.17) is 4.74 Å². The van der Waals surface area contributed by atoms with E-state index in [1.165, 1.54) is 6.08 Å². The van der Waals surface area contributed by atoms with Gasteiger partial charge in [-0.3, -0.25) is 14.4 Å². The highest BCUT2D eigenvalue weighted by atomic mass is 32.2. The van der Waals surface area contributed by atoms with E-state index < -0.39 is 27.4 Å². The first-order valence-electron chi connectivity index (χ1n) is 12.6. The van der Waals surface area contributed by atoms with Gasteiger partial charge in [0.2, 0.25) is 11.8 Å². The van der Waals surface area contributed by atoms with Crippen molar-refractivity contribution in [2.75, 3.05) is 32.8 Å². The normalized spacial score (nSPS) is 31.4. The van der Waals surface area contributed by atoms with Gasteiger partial charge >= 0.3 is 5.97 Å². The average molecular weight is 493 g/mol. The van der Waals surface area contributed by atoms with E-state index in [1.54, 1.807) is 22.7 Å². The smallest absolute Gasteiger partial charge is 0.311 e. The molecule has 2 amide bonds. The fraction of sp³-hybridized carbons (Fsp3) is 0.731. The van der Waals surface area contributed by atoms with Crippen molar-refractivity contribution in [3.8, 4) is 0 Å². The highest BCUT2D eigenvalue weighted by Crippen LogP contribution is 2.71. The second kappa shape index (κ2) is 11.3. The van der Waals surface area contributed by atoms with E-state index in [2.05, 4.69) is 20.1 Å². The van der Waals surface area contributed by atoms with Gasteiger partial charge in [0.15, 0.2) is 0 Å². The van der Waals surface area contributed by atoms with Crippen LogP contribution in [0.2, 0.25) is 0 Å². The molecule has 7 nitrogen and oxygen atoms in total. The molecule has 8 heteroatoms. The van der Waals surface area contributed by atoms with Crippen LogP contribution in [0.4, 0.5) is 0 Å². The third-order valence-electron chi connectivity index (χ3n) is 7.61. The molecule has 0 aromatic rings. The minimum atomic E-state index is -0.635. The second-order valence-corrected chi connectivity index (χ2v) is 11.8. The number of esters is 1. The fourth-order valence-electron chi connectivity index (χ4n) is 6.10. The molecule has 2 unspecified atom stereocenters. The van der Waals surface area contributed by atoms with Crippen LogP contribution >= 0.6 is 11.8 Å². The summed E-state index contributed by atoms with van der Waals surface area (Å²) in [7, 11) is 0. The molecule has 3 fully saturated rings. The van der Waals surface area contributed by atoms with Gasteiger partial charge in [0.25, 0.3) is 0 Å². The van der Waals surface area contributed by atoms with Gasteiger partial charge in [-0.05, 0) is 39.0 Å². The molecule has 34 heavy (non-hydrogen) atoms. The van der Waals surface area contributed by atoms with Crippen molar-refractivity contribution in [2.45, 2.75) is 74.3 Å². The van der Waals surface area contributed by atoms with Gasteiger partial charge in [0.05, 0.1) is 16.6 Å². The van der Waals surface area contributed by atoms with Crippen LogP contribution in [0.3, 0.4) is 0 Å². The lowest BCUT2D eigenvalue weighted by molar-refractivity contribution is -0.154. The number of aliphatic hydroxyl groups excluding tert-OH is 1. The molecule has 190 valence electrons. The number of hydrogen-bond donors (Lipinski definition) is 1. The van der Waals surface area contributed by atoms with Gasteiger partial charge < -0.3 is 19.6 Å². The molecule has 3 heterocycles. The number of carbonyl (C=O) groups is 3. The summed E-state index contributed by atoms with van der Waals surface area (Å²) in [4.78, 5) is 44.7. The Kier molecular flexibility index (Phi) is 8.90. The quantitative estimate of drug-likeness (QED) is 0.228. The number of amides is 2. The minimum Gasteiger partial charge on any atom is -0.461 e. The van der Waals surface area contributed by atoms with Crippen LogP contribution in [0.15, 0.2) is 25.3 Å². The Labute approximate surface area is 208 Å². The van der Waals surface area contributed by atoms with Crippen molar-refractivity contribution in [1.29, 1.82) is 0 Å². The number of likely N-dealkylation sites (tertiary alicyclic amines) is 1. The van der Waals surface area contributed by atoms with Crippen molar-refractivity contribution < 1.29 is 24.2 Å². The number of hydrogen-bond acceptors (Lipinski definition) is 6. The molecule has 5 atom stereocenters. The van der Waals surface area contributed by atoms with Crippen molar-refractivity contribution in [3.63, 3.8) is 0 Å². The van der Waals surface area contributed by atoms with Crippen LogP contribution in [0, 0.1) is 11.8 Å². The molecule has 0 aliphatic carbocycles. The largest absolute Gasteiger partial charge is 0.461 e. The lowest BCUT2D eigenvalue weighted by Crippen LogP contribution is -2.55. The first kappa shape index (κ1) is 26.8. The van der Waals surface area contributed by atoms with Gasteiger partial charge in [-0.2, -0.15) is 0 Å². The summed E-state index contributed by atoms with van der Waals surface area (Å²) < 4.78 is 4.38. The molecular formula is C26H40N2O5S. The Morgan fingerprint density at radius 3 is 2.65 bits per heavy atom. The molecule has 0 aromatic heterocycles. The summed E-state index contributed by atoms with van der Waals surface area (Å²) in [6, 6.07) is -0.616. The molecule has 1 N–H and O–H groups in total. The molecule has 1 spiro atoms. The van der Waals surface area contributed by atoms with E-state index in [-0.39, 0.29) is 31.0 Å². The number of rotatable bonds is 14. The maximum absolute atomic E-state index is 14.1. The minimum absolute atomic E-state index is 0.0398. The van der Waals surface area contributed by atoms with Crippen LogP contribution < -0.4 is 0 Å². The topological polar surface area (TPSA) is 87.1 Å². The molecule has 3 rings (SSSR count). The Bertz CT molecular complexity index is 804. The fourth-order valence-corrected chi connectivity index (χ4v) is 8.44. The van der Waals surface area contributed by atoms with Crippen LogP contribution in [-0.4, -0.2) is 81.1 Å². The number of thioether (sulfide) groups is 1. The van der Waals surface area contributed by atoms with Crippen LogP contribution in [-0.2, 0) is 19.1 Å². The summed E-state index contributed by atoms with van der Waals surface area (Å²) in [5.41, 5.74) is 0. The molecule has 0 aromatic carbocycles. The molecule has 0 radical (unpaired) electrons. The van der Waals surface area contributed by atoms with Gasteiger partial charge in [0, 0.05) is 31.0 Å². The molecule has 2 bridgehead atoms. The summed E-state index contributed by atoms with van der Waals surface area (Å²) in [5, 5.41) is 9.29. The molecule has 3 saturated heterocycles. The first-order chi connectivity index (χ1) is 16.3. The monoisotopic (exact) mass is 492 g/mol.